The molecule has 3 aromatic heterocycles. The second kappa shape index (κ2) is 7.91. The molecule has 0 spiro atoms. The first-order valence-electron chi connectivity index (χ1n) is 8.15. The van der Waals surface area contributed by atoms with E-state index < -0.39 is 0 Å². The first-order chi connectivity index (χ1) is 13.2. The van der Waals surface area contributed by atoms with E-state index in [1.165, 1.54) is 23.1 Å². The molecule has 0 saturated heterocycles. The highest BCUT2D eigenvalue weighted by Gasteiger charge is 2.11. The zero-order chi connectivity index (χ0) is 18.6. The molecule has 10 heteroatoms. The summed E-state index contributed by atoms with van der Waals surface area (Å²) < 4.78 is 7.83. The summed E-state index contributed by atoms with van der Waals surface area (Å²) in [5.74, 6) is 0. The third-order valence-electron chi connectivity index (χ3n) is 3.66. The topological polar surface area (TPSA) is 93.4 Å². The van der Waals surface area contributed by atoms with Crippen molar-refractivity contribution in [3.63, 3.8) is 0 Å². The molecule has 1 aromatic carbocycles. The highest BCUT2D eigenvalue weighted by Crippen LogP contribution is 2.32. The van der Waals surface area contributed by atoms with Crippen LogP contribution in [0.1, 0.15) is 0 Å². The van der Waals surface area contributed by atoms with Crippen molar-refractivity contribution in [3.8, 4) is 0 Å². The summed E-state index contributed by atoms with van der Waals surface area (Å²) in [5, 5.41) is 15.2. The lowest BCUT2D eigenvalue weighted by Crippen LogP contribution is -2.31. The Labute approximate surface area is 163 Å². The van der Waals surface area contributed by atoms with Crippen molar-refractivity contribution in [1.82, 2.24) is 24.9 Å². The monoisotopic (exact) mass is 400 g/mol. The van der Waals surface area contributed by atoms with Crippen LogP contribution in [0.25, 0.3) is 15.9 Å². The summed E-state index contributed by atoms with van der Waals surface area (Å²) in [6.45, 7) is 0.908. The number of ether oxygens (including phenoxy) is 1. The molecule has 3 heterocycles. The molecule has 0 saturated carbocycles. The molecule has 2 N–H and O–H groups in total. The van der Waals surface area contributed by atoms with Gasteiger partial charge in [-0.25, -0.2) is 9.78 Å². The lowest BCUT2D eigenvalue weighted by Gasteiger charge is -2.03. The Bertz CT molecular complexity index is 1090. The number of nitrogens with one attached hydrogen (secondary N) is 2. The van der Waals surface area contributed by atoms with Crippen LogP contribution >= 0.6 is 23.1 Å². The van der Waals surface area contributed by atoms with Gasteiger partial charge in [0.05, 0.1) is 16.8 Å². The molecule has 0 bridgehead atoms. The minimum Gasteiger partial charge on any atom is -0.383 e. The zero-order valence-corrected chi connectivity index (χ0v) is 16.0. The Morgan fingerprint density at radius 2 is 2.22 bits per heavy atom. The van der Waals surface area contributed by atoms with E-state index in [2.05, 4.69) is 25.8 Å². The minimum atomic E-state index is -0.296. The van der Waals surface area contributed by atoms with E-state index in [0.29, 0.717) is 18.3 Å². The fourth-order valence-electron chi connectivity index (χ4n) is 2.42. The van der Waals surface area contributed by atoms with Crippen molar-refractivity contribution in [3.05, 3.63) is 42.6 Å². The molecular formula is C17H16N6O2S2. The van der Waals surface area contributed by atoms with E-state index in [4.69, 9.17) is 4.74 Å². The summed E-state index contributed by atoms with van der Waals surface area (Å²) in [6.07, 6.45) is 1.94. The van der Waals surface area contributed by atoms with Crippen LogP contribution in [0.3, 0.4) is 0 Å². The molecule has 0 aliphatic rings. The van der Waals surface area contributed by atoms with E-state index in [9.17, 15) is 4.79 Å². The van der Waals surface area contributed by atoms with Crippen molar-refractivity contribution >= 4 is 50.1 Å². The van der Waals surface area contributed by atoms with Gasteiger partial charge in [0, 0.05) is 24.7 Å². The summed E-state index contributed by atoms with van der Waals surface area (Å²) in [7, 11) is 1.59. The van der Waals surface area contributed by atoms with Crippen molar-refractivity contribution in [1.29, 1.82) is 0 Å². The molecule has 0 aliphatic heterocycles. The molecule has 2 amide bonds. The highest BCUT2D eigenvalue weighted by atomic mass is 32.2. The van der Waals surface area contributed by atoms with Crippen molar-refractivity contribution in [2.75, 3.05) is 25.6 Å². The number of anilines is 1. The predicted octanol–water partition coefficient (Wildman–Crippen LogP) is 3.26. The Morgan fingerprint density at radius 3 is 3.11 bits per heavy atom. The number of thiazole rings is 1. The lowest BCUT2D eigenvalue weighted by molar-refractivity contribution is 0.198. The van der Waals surface area contributed by atoms with Gasteiger partial charge in [0.25, 0.3) is 0 Å². The number of rotatable bonds is 6. The van der Waals surface area contributed by atoms with Crippen LogP contribution in [0.5, 0.6) is 0 Å². The lowest BCUT2D eigenvalue weighted by atomic mass is 10.3. The number of carbonyl (C=O) groups excluding carboxylic acids is 1. The molecule has 0 unspecified atom stereocenters. The fraction of sp³-hybridized carbons (Fsp3) is 0.176. The van der Waals surface area contributed by atoms with E-state index >= 15 is 0 Å². The van der Waals surface area contributed by atoms with E-state index in [0.717, 1.165) is 25.9 Å². The van der Waals surface area contributed by atoms with Gasteiger partial charge >= 0.3 is 6.03 Å². The van der Waals surface area contributed by atoms with E-state index in [-0.39, 0.29) is 6.03 Å². The standard InChI is InChI=1S/C17H16N6O2S2/c1-25-9-7-18-15(24)20-16-19-12-6-5-11(10-13(12)27-16)26-17-22-21-14-4-2-3-8-23(14)17/h2-6,8,10H,7,9H2,1H3,(H2,18,19,20,24). The molecule has 4 rings (SSSR count). The van der Waals surface area contributed by atoms with E-state index in [1.807, 2.05) is 47.0 Å². The molecule has 0 radical (unpaired) electrons. The van der Waals surface area contributed by atoms with Crippen LogP contribution < -0.4 is 10.6 Å². The van der Waals surface area contributed by atoms with Gasteiger partial charge in [-0.2, -0.15) is 0 Å². The number of amides is 2. The van der Waals surface area contributed by atoms with Crippen molar-refractivity contribution in [2.24, 2.45) is 0 Å². The largest absolute Gasteiger partial charge is 0.383 e. The first-order valence-corrected chi connectivity index (χ1v) is 9.78. The third kappa shape index (κ3) is 4.02. The summed E-state index contributed by atoms with van der Waals surface area (Å²) in [5.41, 5.74) is 1.65. The summed E-state index contributed by atoms with van der Waals surface area (Å²) >= 11 is 2.95. The number of nitrogens with zero attached hydrogens (tertiary/aromatic N) is 4. The maximum atomic E-state index is 11.8. The van der Waals surface area contributed by atoms with Gasteiger partial charge in [-0.15, -0.1) is 10.2 Å². The van der Waals surface area contributed by atoms with Crippen LogP contribution in [0.4, 0.5) is 9.93 Å². The van der Waals surface area contributed by atoms with Crippen LogP contribution in [0.15, 0.2) is 52.6 Å². The van der Waals surface area contributed by atoms with Crippen LogP contribution in [-0.2, 0) is 4.74 Å². The normalized spacial score (nSPS) is 11.1. The maximum Gasteiger partial charge on any atom is 0.321 e. The number of urea groups is 1. The van der Waals surface area contributed by atoms with Gasteiger partial charge in [0.2, 0.25) is 0 Å². The molecule has 8 nitrogen and oxygen atoms in total. The minimum absolute atomic E-state index is 0.296. The number of hydrogen-bond donors (Lipinski definition) is 2. The molecule has 0 aliphatic carbocycles. The average molecular weight is 400 g/mol. The quantitative estimate of drug-likeness (QED) is 0.483. The Morgan fingerprint density at radius 1 is 1.30 bits per heavy atom. The Kier molecular flexibility index (Phi) is 5.19. The summed E-state index contributed by atoms with van der Waals surface area (Å²) in [4.78, 5) is 17.3. The Balaban J connectivity index is 1.50. The van der Waals surface area contributed by atoms with Crippen LogP contribution in [0, 0.1) is 0 Å². The van der Waals surface area contributed by atoms with Gasteiger partial charge in [0.1, 0.15) is 0 Å². The highest BCUT2D eigenvalue weighted by molar-refractivity contribution is 7.99. The van der Waals surface area contributed by atoms with Gasteiger partial charge in [-0.3, -0.25) is 9.72 Å². The van der Waals surface area contributed by atoms with Crippen LogP contribution in [-0.4, -0.2) is 45.9 Å². The van der Waals surface area contributed by atoms with Gasteiger partial charge < -0.3 is 10.1 Å². The van der Waals surface area contributed by atoms with Crippen LogP contribution in [0.2, 0.25) is 0 Å². The number of pyridine rings is 1. The first kappa shape index (κ1) is 17.7. The fourth-order valence-corrected chi connectivity index (χ4v) is 4.26. The number of aromatic nitrogens is 4. The number of methoxy groups -OCH3 is 1. The number of fused-ring (bicyclic) bond motifs is 2. The Hall–Kier alpha value is -2.69. The van der Waals surface area contributed by atoms with Crippen molar-refractivity contribution in [2.45, 2.75) is 10.1 Å². The molecular weight excluding hydrogens is 384 g/mol. The average Bonchev–Trinajstić information content (AvgIpc) is 3.25. The second-order valence-corrected chi connectivity index (χ2v) is 7.61. The van der Waals surface area contributed by atoms with E-state index in [1.54, 1.807) is 7.11 Å². The molecule has 0 atom stereocenters. The second-order valence-electron chi connectivity index (χ2n) is 5.54. The molecule has 138 valence electrons. The number of benzene rings is 1. The summed E-state index contributed by atoms with van der Waals surface area (Å²) in [6, 6.07) is 11.5. The molecule has 0 fully saturated rings. The van der Waals surface area contributed by atoms with Crippen molar-refractivity contribution < 1.29 is 9.53 Å². The van der Waals surface area contributed by atoms with Gasteiger partial charge in [0.15, 0.2) is 15.9 Å². The SMILES string of the molecule is COCCNC(=O)Nc1nc2ccc(Sc3nnc4ccccn34)cc2s1. The zero-order valence-electron chi connectivity index (χ0n) is 14.4. The number of carbonyl (C=O) groups is 1. The molecule has 27 heavy (non-hydrogen) atoms. The van der Waals surface area contributed by atoms with Gasteiger partial charge in [-0.1, -0.05) is 17.4 Å². The molecule has 4 aromatic rings. The third-order valence-corrected chi connectivity index (χ3v) is 5.55. The van der Waals surface area contributed by atoms with Gasteiger partial charge in [-0.05, 0) is 42.1 Å². The smallest absolute Gasteiger partial charge is 0.321 e. The predicted molar refractivity (Wildman–Crippen MR) is 106 cm³/mol. The maximum absolute atomic E-state index is 11.8. The number of hydrogen-bond acceptors (Lipinski definition) is 7.